The monoisotopic (exact) mass is 272 g/mol. The molecule has 3 nitrogen and oxygen atoms in total. The molecule has 0 fully saturated rings. The van der Waals surface area contributed by atoms with Crippen LogP contribution in [0.4, 0.5) is 0 Å². The molecule has 0 aliphatic heterocycles. The molecule has 0 amide bonds. The first kappa shape index (κ1) is 14.8. The summed E-state index contributed by atoms with van der Waals surface area (Å²) in [4.78, 5) is 4.68. The van der Waals surface area contributed by atoms with Crippen LogP contribution in [-0.2, 0) is 6.42 Å². The fourth-order valence-electron chi connectivity index (χ4n) is 2.16. The molecule has 2 aromatic rings. The van der Waals surface area contributed by atoms with E-state index in [1.807, 2.05) is 19.2 Å². The van der Waals surface area contributed by atoms with Crippen molar-refractivity contribution in [3.63, 3.8) is 0 Å². The summed E-state index contributed by atoms with van der Waals surface area (Å²) in [7, 11) is 1.97. The van der Waals surface area contributed by atoms with E-state index >= 15 is 0 Å². The fraction of sp³-hybridized carbons (Fsp3) is 0.471. The number of rotatable bonds is 6. The number of aromatic nitrogens is 1. The third-order valence-corrected chi connectivity index (χ3v) is 3.31. The molecule has 0 aliphatic carbocycles. The van der Waals surface area contributed by atoms with Crippen LogP contribution in [0.25, 0.3) is 10.9 Å². The number of pyridine rings is 1. The Hall–Kier alpha value is -1.61. The van der Waals surface area contributed by atoms with Gasteiger partial charge in [-0.15, -0.1) is 0 Å². The van der Waals surface area contributed by atoms with Gasteiger partial charge in [0, 0.05) is 11.1 Å². The van der Waals surface area contributed by atoms with E-state index in [1.165, 1.54) is 5.56 Å². The maximum absolute atomic E-state index is 5.79. The van der Waals surface area contributed by atoms with Gasteiger partial charge in [-0.2, -0.15) is 0 Å². The van der Waals surface area contributed by atoms with Gasteiger partial charge < -0.3 is 10.1 Å². The number of nitrogens with zero attached hydrogens (tertiary/aromatic N) is 1. The molecule has 0 spiro atoms. The maximum atomic E-state index is 5.79. The molecule has 0 aliphatic rings. The topological polar surface area (TPSA) is 34.1 Å². The Morgan fingerprint density at radius 3 is 2.75 bits per heavy atom. The first-order chi connectivity index (χ1) is 9.60. The third kappa shape index (κ3) is 3.70. The van der Waals surface area contributed by atoms with Crippen molar-refractivity contribution in [2.24, 2.45) is 5.92 Å². The SMILES string of the molecule is CNCCc1cc2cc(OCC(C)C)ccc2nc1C. The maximum Gasteiger partial charge on any atom is 0.120 e. The summed E-state index contributed by atoms with van der Waals surface area (Å²) in [5, 5.41) is 4.34. The highest BCUT2D eigenvalue weighted by Crippen LogP contribution is 2.22. The van der Waals surface area contributed by atoms with E-state index in [1.54, 1.807) is 0 Å². The van der Waals surface area contributed by atoms with Crippen LogP contribution in [-0.4, -0.2) is 25.2 Å². The van der Waals surface area contributed by atoms with Crippen molar-refractivity contribution in [3.8, 4) is 5.75 Å². The molecular formula is C17H24N2O. The van der Waals surface area contributed by atoms with Gasteiger partial charge in [-0.25, -0.2) is 0 Å². The van der Waals surface area contributed by atoms with Gasteiger partial charge in [0.2, 0.25) is 0 Å². The summed E-state index contributed by atoms with van der Waals surface area (Å²) < 4.78 is 5.79. The minimum Gasteiger partial charge on any atom is -0.493 e. The summed E-state index contributed by atoms with van der Waals surface area (Å²) >= 11 is 0. The summed E-state index contributed by atoms with van der Waals surface area (Å²) in [5.74, 6) is 1.46. The zero-order valence-electron chi connectivity index (χ0n) is 12.9. The van der Waals surface area contributed by atoms with Crippen molar-refractivity contribution in [1.82, 2.24) is 10.3 Å². The quantitative estimate of drug-likeness (QED) is 0.875. The zero-order chi connectivity index (χ0) is 14.5. The molecular weight excluding hydrogens is 248 g/mol. The molecule has 20 heavy (non-hydrogen) atoms. The molecule has 0 radical (unpaired) electrons. The first-order valence-electron chi connectivity index (χ1n) is 7.28. The van der Waals surface area contributed by atoms with Gasteiger partial charge in [0.15, 0.2) is 0 Å². The van der Waals surface area contributed by atoms with Crippen LogP contribution < -0.4 is 10.1 Å². The largest absolute Gasteiger partial charge is 0.493 e. The number of fused-ring (bicyclic) bond motifs is 1. The predicted molar refractivity (Wildman–Crippen MR) is 84.4 cm³/mol. The summed E-state index contributed by atoms with van der Waals surface area (Å²) in [6, 6.07) is 8.37. The first-order valence-corrected chi connectivity index (χ1v) is 7.28. The molecule has 2 rings (SSSR count). The van der Waals surface area contributed by atoms with Crippen LogP contribution >= 0.6 is 0 Å². The van der Waals surface area contributed by atoms with E-state index in [0.29, 0.717) is 5.92 Å². The average molecular weight is 272 g/mol. The summed E-state index contributed by atoms with van der Waals surface area (Å²) in [6.45, 7) is 8.10. The minimum absolute atomic E-state index is 0.535. The van der Waals surface area contributed by atoms with Gasteiger partial charge in [-0.3, -0.25) is 4.98 Å². The highest BCUT2D eigenvalue weighted by molar-refractivity contribution is 5.81. The lowest BCUT2D eigenvalue weighted by atomic mass is 10.1. The second-order valence-electron chi connectivity index (χ2n) is 5.65. The average Bonchev–Trinajstić information content (AvgIpc) is 2.42. The zero-order valence-corrected chi connectivity index (χ0v) is 12.9. The van der Waals surface area contributed by atoms with Gasteiger partial charge >= 0.3 is 0 Å². The number of benzene rings is 1. The number of likely N-dealkylation sites (N-methyl/N-ethyl adjacent to an activating group) is 1. The molecule has 0 saturated heterocycles. The third-order valence-electron chi connectivity index (χ3n) is 3.31. The molecule has 1 heterocycles. The Kier molecular flexibility index (Phi) is 4.96. The number of aryl methyl sites for hydroxylation is 1. The van der Waals surface area contributed by atoms with Crippen LogP contribution in [0, 0.1) is 12.8 Å². The molecule has 1 N–H and O–H groups in total. The van der Waals surface area contributed by atoms with Crippen molar-refractivity contribution in [2.75, 3.05) is 20.2 Å². The van der Waals surface area contributed by atoms with Gasteiger partial charge in [-0.1, -0.05) is 13.8 Å². The Labute approximate surface area is 121 Å². The smallest absolute Gasteiger partial charge is 0.120 e. The molecule has 0 atom stereocenters. The van der Waals surface area contributed by atoms with E-state index in [2.05, 4.69) is 43.2 Å². The molecule has 1 aromatic heterocycles. The standard InChI is InChI=1S/C17H24N2O/c1-12(2)11-20-16-5-6-17-15(10-16)9-14(7-8-18-4)13(3)19-17/h5-6,9-10,12,18H,7-8,11H2,1-4H3. The van der Waals surface area contributed by atoms with Gasteiger partial charge in [0.05, 0.1) is 12.1 Å². The van der Waals surface area contributed by atoms with Crippen molar-refractivity contribution < 1.29 is 4.74 Å². The normalized spacial score (nSPS) is 11.2. The van der Waals surface area contributed by atoms with Gasteiger partial charge in [0.1, 0.15) is 5.75 Å². The lowest BCUT2D eigenvalue weighted by Crippen LogP contribution is -2.11. The van der Waals surface area contributed by atoms with E-state index in [0.717, 1.165) is 41.9 Å². The molecule has 1 aromatic carbocycles. The number of hydrogen-bond donors (Lipinski definition) is 1. The van der Waals surface area contributed by atoms with E-state index < -0.39 is 0 Å². The second kappa shape index (κ2) is 6.71. The lowest BCUT2D eigenvalue weighted by molar-refractivity contribution is 0.271. The molecule has 0 bridgehead atoms. The highest BCUT2D eigenvalue weighted by atomic mass is 16.5. The minimum atomic E-state index is 0.535. The molecule has 0 unspecified atom stereocenters. The van der Waals surface area contributed by atoms with E-state index in [4.69, 9.17) is 4.74 Å². The Balaban J connectivity index is 2.27. The van der Waals surface area contributed by atoms with Crippen LogP contribution in [0.5, 0.6) is 5.75 Å². The van der Waals surface area contributed by atoms with Crippen molar-refractivity contribution in [2.45, 2.75) is 27.2 Å². The molecule has 108 valence electrons. The van der Waals surface area contributed by atoms with Crippen molar-refractivity contribution >= 4 is 10.9 Å². The number of ether oxygens (including phenoxy) is 1. The van der Waals surface area contributed by atoms with Crippen molar-refractivity contribution in [1.29, 1.82) is 0 Å². The predicted octanol–water partition coefficient (Wildman–Crippen LogP) is 3.34. The Morgan fingerprint density at radius 1 is 1.25 bits per heavy atom. The van der Waals surface area contributed by atoms with E-state index in [-0.39, 0.29) is 0 Å². The van der Waals surface area contributed by atoms with Crippen molar-refractivity contribution in [3.05, 3.63) is 35.5 Å². The second-order valence-corrected chi connectivity index (χ2v) is 5.65. The highest BCUT2D eigenvalue weighted by Gasteiger charge is 2.05. The Morgan fingerprint density at radius 2 is 2.05 bits per heavy atom. The van der Waals surface area contributed by atoms with Gasteiger partial charge in [-0.05, 0) is 62.7 Å². The van der Waals surface area contributed by atoms with Crippen LogP contribution in [0.3, 0.4) is 0 Å². The molecule has 3 heteroatoms. The van der Waals surface area contributed by atoms with E-state index in [9.17, 15) is 0 Å². The molecule has 0 saturated carbocycles. The summed E-state index contributed by atoms with van der Waals surface area (Å²) in [6.07, 6.45) is 1.00. The van der Waals surface area contributed by atoms with Gasteiger partial charge in [0.25, 0.3) is 0 Å². The van der Waals surface area contributed by atoms with Crippen LogP contribution in [0.2, 0.25) is 0 Å². The number of nitrogens with one attached hydrogen (secondary N) is 1. The van der Waals surface area contributed by atoms with Crippen LogP contribution in [0.15, 0.2) is 24.3 Å². The number of hydrogen-bond acceptors (Lipinski definition) is 3. The lowest BCUT2D eigenvalue weighted by Gasteiger charge is -2.11. The fourth-order valence-corrected chi connectivity index (χ4v) is 2.16. The Bertz CT molecular complexity index is 578. The summed E-state index contributed by atoms with van der Waals surface area (Å²) in [5.41, 5.74) is 3.45. The van der Waals surface area contributed by atoms with Crippen LogP contribution in [0.1, 0.15) is 25.1 Å².